The minimum atomic E-state index is -0.293. The highest BCUT2D eigenvalue weighted by Gasteiger charge is 2.39. The van der Waals surface area contributed by atoms with Crippen LogP contribution >= 0.6 is 11.8 Å². The quantitative estimate of drug-likeness (QED) is 0.609. The molecule has 0 radical (unpaired) electrons. The monoisotopic (exact) mass is 375 g/mol. The Labute approximate surface area is 161 Å². The van der Waals surface area contributed by atoms with E-state index in [4.69, 9.17) is 4.42 Å². The van der Waals surface area contributed by atoms with E-state index in [1.165, 1.54) is 22.9 Å². The number of hydrogen-bond donors (Lipinski definition) is 0. The first-order chi connectivity index (χ1) is 13.1. The van der Waals surface area contributed by atoms with Crippen LogP contribution in [0.15, 0.2) is 87.2 Å². The second kappa shape index (κ2) is 7.29. The molecule has 3 aromatic rings. The molecule has 134 valence electrons. The van der Waals surface area contributed by atoms with Crippen LogP contribution in [0.1, 0.15) is 16.9 Å². The Bertz CT molecular complexity index is 1010. The Hall–Kier alpha value is -3.05. The molecule has 4 nitrogen and oxygen atoms in total. The zero-order valence-corrected chi connectivity index (χ0v) is 15.5. The van der Waals surface area contributed by atoms with Crippen molar-refractivity contribution in [3.05, 3.63) is 94.8 Å². The highest BCUT2D eigenvalue weighted by atomic mass is 32.2. The van der Waals surface area contributed by atoms with Gasteiger partial charge in [0, 0.05) is 4.90 Å². The number of carbonyl (C=O) groups excluding carboxylic acids is 2. The van der Waals surface area contributed by atoms with Crippen LogP contribution in [0, 0.1) is 6.92 Å². The fraction of sp³-hybridized carbons (Fsp3) is 0.0909. The van der Waals surface area contributed by atoms with Gasteiger partial charge in [-0.25, -0.2) is 0 Å². The minimum Gasteiger partial charge on any atom is -0.467 e. The summed E-state index contributed by atoms with van der Waals surface area (Å²) in [6.45, 7) is 2.11. The first-order valence-corrected chi connectivity index (χ1v) is 9.38. The molecule has 0 bridgehead atoms. The Morgan fingerprint density at radius 1 is 0.889 bits per heavy atom. The van der Waals surface area contributed by atoms with E-state index in [-0.39, 0.29) is 18.4 Å². The number of aryl methyl sites for hydroxylation is 1. The van der Waals surface area contributed by atoms with Gasteiger partial charge < -0.3 is 4.42 Å². The molecule has 2 amide bonds. The molecule has 1 aromatic heterocycles. The van der Waals surface area contributed by atoms with Crippen molar-refractivity contribution in [2.24, 2.45) is 0 Å². The fourth-order valence-corrected chi connectivity index (χ4v) is 3.97. The van der Waals surface area contributed by atoms with Crippen LogP contribution in [0.4, 0.5) is 0 Å². The molecule has 1 aliphatic heterocycles. The molecule has 1 aliphatic rings. The van der Waals surface area contributed by atoms with E-state index in [1.807, 2.05) is 61.5 Å². The number of nitrogens with zero attached hydrogens (tertiary/aromatic N) is 1. The second-order valence-electron chi connectivity index (χ2n) is 6.26. The predicted octanol–water partition coefficient (Wildman–Crippen LogP) is 4.66. The maximum atomic E-state index is 13.1. The van der Waals surface area contributed by atoms with E-state index in [9.17, 15) is 9.59 Å². The first kappa shape index (κ1) is 17.4. The Morgan fingerprint density at radius 2 is 1.63 bits per heavy atom. The third kappa shape index (κ3) is 3.46. The van der Waals surface area contributed by atoms with E-state index in [0.717, 1.165) is 16.0 Å². The van der Waals surface area contributed by atoms with E-state index < -0.39 is 0 Å². The fourth-order valence-electron chi connectivity index (χ4n) is 2.93. The SMILES string of the molecule is Cc1ccc(C2=C(Sc3ccccc3)C(=O)N(Cc3ccco3)C2=O)cc1. The largest absolute Gasteiger partial charge is 0.467 e. The molecule has 27 heavy (non-hydrogen) atoms. The summed E-state index contributed by atoms with van der Waals surface area (Å²) in [6.07, 6.45) is 1.54. The molecule has 0 fully saturated rings. The summed E-state index contributed by atoms with van der Waals surface area (Å²) in [6, 6.07) is 20.8. The van der Waals surface area contributed by atoms with Gasteiger partial charge in [-0.2, -0.15) is 0 Å². The number of hydrogen-bond acceptors (Lipinski definition) is 4. The lowest BCUT2D eigenvalue weighted by Crippen LogP contribution is -2.30. The molecule has 0 saturated heterocycles. The maximum Gasteiger partial charge on any atom is 0.268 e. The Balaban J connectivity index is 1.75. The summed E-state index contributed by atoms with van der Waals surface area (Å²) in [5.74, 6) is -0.00886. The third-order valence-electron chi connectivity index (χ3n) is 4.32. The topological polar surface area (TPSA) is 50.5 Å². The van der Waals surface area contributed by atoms with Gasteiger partial charge in [0.2, 0.25) is 0 Å². The van der Waals surface area contributed by atoms with Crippen molar-refractivity contribution in [2.75, 3.05) is 0 Å². The molecule has 0 atom stereocenters. The summed E-state index contributed by atoms with van der Waals surface area (Å²) in [4.78, 5) is 28.8. The van der Waals surface area contributed by atoms with Crippen molar-refractivity contribution in [1.29, 1.82) is 0 Å². The predicted molar refractivity (Wildman–Crippen MR) is 105 cm³/mol. The smallest absolute Gasteiger partial charge is 0.268 e. The molecule has 0 saturated carbocycles. The second-order valence-corrected chi connectivity index (χ2v) is 7.34. The average molecular weight is 375 g/mol. The zero-order valence-electron chi connectivity index (χ0n) is 14.7. The van der Waals surface area contributed by atoms with Crippen LogP contribution in [0.3, 0.4) is 0 Å². The van der Waals surface area contributed by atoms with Crippen LogP contribution in [0.5, 0.6) is 0 Å². The molecule has 0 unspecified atom stereocenters. The molecule has 0 N–H and O–H groups in total. The van der Waals surface area contributed by atoms with Gasteiger partial charge in [0.25, 0.3) is 11.8 Å². The van der Waals surface area contributed by atoms with E-state index in [1.54, 1.807) is 12.1 Å². The minimum absolute atomic E-state index is 0.124. The standard InChI is InChI=1S/C22H17NO3S/c1-15-9-11-16(12-10-15)19-20(27-18-7-3-2-4-8-18)22(25)23(21(19)24)14-17-6-5-13-26-17/h2-13H,14H2,1H3. The molecule has 0 aliphatic carbocycles. The maximum absolute atomic E-state index is 13.1. The summed E-state index contributed by atoms with van der Waals surface area (Å²) in [5.41, 5.74) is 2.29. The van der Waals surface area contributed by atoms with Crippen LogP contribution in [0.25, 0.3) is 5.57 Å². The molecule has 4 rings (SSSR count). The third-order valence-corrected chi connectivity index (χ3v) is 5.41. The van der Waals surface area contributed by atoms with Gasteiger partial charge in [-0.3, -0.25) is 14.5 Å². The lowest BCUT2D eigenvalue weighted by atomic mass is 10.0. The summed E-state index contributed by atoms with van der Waals surface area (Å²) in [7, 11) is 0. The van der Waals surface area contributed by atoms with Gasteiger partial charge in [0.05, 0.1) is 23.3 Å². The number of carbonyl (C=O) groups is 2. The first-order valence-electron chi connectivity index (χ1n) is 8.56. The summed E-state index contributed by atoms with van der Waals surface area (Å²) in [5, 5.41) is 0. The normalized spacial score (nSPS) is 14.3. The average Bonchev–Trinajstić information content (AvgIpc) is 3.27. The van der Waals surface area contributed by atoms with Crippen LogP contribution < -0.4 is 0 Å². The number of benzene rings is 2. The van der Waals surface area contributed by atoms with Gasteiger partial charge in [-0.15, -0.1) is 0 Å². The highest BCUT2D eigenvalue weighted by Crippen LogP contribution is 2.40. The molecular weight excluding hydrogens is 358 g/mol. The van der Waals surface area contributed by atoms with Crippen LogP contribution in [0.2, 0.25) is 0 Å². The molecule has 5 heteroatoms. The van der Waals surface area contributed by atoms with E-state index in [2.05, 4.69) is 0 Å². The van der Waals surface area contributed by atoms with Crippen molar-refractivity contribution >= 4 is 29.1 Å². The summed E-state index contributed by atoms with van der Waals surface area (Å²) >= 11 is 1.32. The molecule has 2 aromatic carbocycles. The molecule has 2 heterocycles. The van der Waals surface area contributed by atoms with Crippen molar-refractivity contribution in [3.63, 3.8) is 0 Å². The number of imide groups is 1. The lowest BCUT2D eigenvalue weighted by Gasteiger charge is -2.13. The van der Waals surface area contributed by atoms with Crippen molar-refractivity contribution in [1.82, 2.24) is 4.90 Å². The van der Waals surface area contributed by atoms with Crippen LogP contribution in [-0.4, -0.2) is 16.7 Å². The van der Waals surface area contributed by atoms with Crippen molar-refractivity contribution in [2.45, 2.75) is 18.4 Å². The highest BCUT2D eigenvalue weighted by molar-refractivity contribution is 8.04. The van der Waals surface area contributed by atoms with Crippen molar-refractivity contribution in [3.8, 4) is 0 Å². The number of amides is 2. The van der Waals surface area contributed by atoms with E-state index >= 15 is 0 Å². The van der Waals surface area contributed by atoms with Crippen LogP contribution in [-0.2, 0) is 16.1 Å². The lowest BCUT2D eigenvalue weighted by molar-refractivity contribution is -0.137. The van der Waals surface area contributed by atoms with Gasteiger partial charge in [-0.1, -0.05) is 59.8 Å². The van der Waals surface area contributed by atoms with Gasteiger partial charge in [-0.05, 0) is 36.8 Å². The van der Waals surface area contributed by atoms with Gasteiger partial charge >= 0.3 is 0 Å². The Morgan fingerprint density at radius 3 is 2.30 bits per heavy atom. The Kier molecular flexibility index (Phi) is 4.69. The number of rotatable bonds is 5. The van der Waals surface area contributed by atoms with Crippen molar-refractivity contribution < 1.29 is 14.0 Å². The van der Waals surface area contributed by atoms with E-state index in [0.29, 0.717) is 16.2 Å². The molecular formula is C22H17NO3S. The zero-order chi connectivity index (χ0) is 18.8. The van der Waals surface area contributed by atoms with Gasteiger partial charge in [0.1, 0.15) is 5.76 Å². The summed E-state index contributed by atoms with van der Waals surface area (Å²) < 4.78 is 5.33. The number of furan rings is 1. The molecule has 0 spiro atoms. The van der Waals surface area contributed by atoms with Gasteiger partial charge in [0.15, 0.2) is 0 Å². The number of thioether (sulfide) groups is 1.